The highest BCUT2D eigenvalue weighted by Crippen LogP contribution is 2.33. The molecule has 286 valence electrons. The van der Waals surface area contributed by atoms with Crippen LogP contribution in [-0.2, 0) is 9.59 Å². The van der Waals surface area contributed by atoms with Gasteiger partial charge in [-0.2, -0.15) is 10.2 Å². The van der Waals surface area contributed by atoms with Crippen LogP contribution in [0.2, 0.25) is 0 Å². The van der Waals surface area contributed by atoms with Crippen LogP contribution in [0.4, 0.5) is 10.1 Å². The van der Waals surface area contributed by atoms with Crippen LogP contribution in [-0.4, -0.2) is 98.3 Å². The third kappa shape index (κ3) is 8.63. The molecule has 1 saturated heterocycles. The SMILES string of the molecule is CC(C)n1nccc1C(=O)N[C@H](C(=O)Nc1ccc([C@H](C)[C@@H](NC(=O)c2ccnn2C2CCC2)C(=O)N2CCN(C)CC2)cc1F)[C@H]1CC[C@H](C)CC1. The number of amides is 4. The summed E-state index contributed by atoms with van der Waals surface area (Å²) in [6.07, 6.45) is 9.52. The molecule has 0 bridgehead atoms. The molecule has 2 saturated carbocycles. The van der Waals surface area contributed by atoms with Crippen LogP contribution >= 0.6 is 0 Å². The highest BCUT2D eigenvalue weighted by atomic mass is 19.1. The number of carbonyl (C=O) groups is 4. The highest BCUT2D eigenvalue weighted by Gasteiger charge is 2.36. The maximum atomic E-state index is 16.0. The number of benzene rings is 1. The molecule has 6 rings (SSSR count). The van der Waals surface area contributed by atoms with Crippen LogP contribution in [0, 0.1) is 17.7 Å². The van der Waals surface area contributed by atoms with Crippen LogP contribution in [0.3, 0.4) is 0 Å². The first kappa shape index (κ1) is 38.1. The van der Waals surface area contributed by atoms with E-state index in [4.69, 9.17) is 0 Å². The second-order valence-corrected chi connectivity index (χ2v) is 15.6. The van der Waals surface area contributed by atoms with E-state index in [2.05, 4.69) is 38.0 Å². The Bertz CT molecular complexity index is 1770. The molecule has 3 atom stereocenters. The Balaban J connectivity index is 1.21. The van der Waals surface area contributed by atoms with Crippen molar-refractivity contribution in [1.82, 2.24) is 40.0 Å². The van der Waals surface area contributed by atoms with Crippen molar-refractivity contribution in [3.8, 4) is 0 Å². The van der Waals surface area contributed by atoms with Gasteiger partial charge < -0.3 is 25.8 Å². The van der Waals surface area contributed by atoms with Crippen molar-refractivity contribution in [3.63, 3.8) is 0 Å². The van der Waals surface area contributed by atoms with Crippen LogP contribution in [0.25, 0.3) is 0 Å². The van der Waals surface area contributed by atoms with Gasteiger partial charge in [0.05, 0.1) is 11.7 Å². The van der Waals surface area contributed by atoms with Gasteiger partial charge in [0.1, 0.15) is 29.3 Å². The van der Waals surface area contributed by atoms with E-state index in [-0.39, 0.29) is 29.6 Å². The standard InChI is InChI=1S/C39H54FN9O4/c1-24(2)48-32(15-17-41-48)36(50)45-35(27-11-9-25(3)10-12-27)38(52)43-31-14-13-28(23-30(31)40)26(4)34(39(53)47-21-19-46(5)20-22-47)44-37(51)33-16-18-42-49(33)29-7-6-8-29/h13-18,23-27,29,34-35H,6-12,19-22H2,1-5H3,(H,43,52)(H,44,51)(H,45,50)/t25-,26-,27-,34+,35-/m0/s1. The average molecular weight is 732 g/mol. The number of rotatable bonds is 12. The van der Waals surface area contributed by atoms with Crippen LogP contribution in [0.1, 0.15) is 117 Å². The van der Waals surface area contributed by atoms with Gasteiger partial charge in [0.25, 0.3) is 11.8 Å². The number of nitrogens with zero attached hydrogens (tertiary/aromatic N) is 6. The summed E-state index contributed by atoms with van der Waals surface area (Å²) in [6.45, 7) is 10.3. The van der Waals surface area contributed by atoms with Gasteiger partial charge in [0.15, 0.2) is 0 Å². The fourth-order valence-electron chi connectivity index (χ4n) is 7.71. The summed E-state index contributed by atoms with van der Waals surface area (Å²) in [6, 6.07) is 6.02. The number of aromatic nitrogens is 4. The van der Waals surface area contributed by atoms with Gasteiger partial charge in [-0.05, 0) is 94.7 Å². The minimum absolute atomic E-state index is 0.0306. The summed E-state index contributed by atoms with van der Waals surface area (Å²) >= 11 is 0. The van der Waals surface area contributed by atoms with Crippen molar-refractivity contribution in [2.75, 3.05) is 38.5 Å². The molecule has 3 aromatic rings. The molecular weight excluding hydrogens is 677 g/mol. The lowest BCUT2D eigenvalue weighted by molar-refractivity contribution is -0.135. The maximum absolute atomic E-state index is 16.0. The summed E-state index contributed by atoms with van der Waals surface area (Å²) in [5.41, 5.74) is 1.21. The highest BCUT2D eigenvalue weighted by molar-refractivity contribution is 6.01. The minimum Gasteiger partial charge on any atom is -0.339 e. The number of likely N-dealkylation sites (N-methyl/N-ethyl adjacent to an activating group) is 1. The van der Waals surface area contributed by atoms with Gasteiger partial charge in [-0.25, -0.2) is 4.39 Å². The fraction of sp³-hybridized carbons (Fsp3) is 0.590. The molecule has 0 spiro atoms. The lowest BCUT2D eigenvalue weighted by Gasteiger charge is -2.36. The number of anilines is 1. The molecule has 0 unspecified atom stereocenters. The molecule has 2 aromatic heterocycles. The molecular formula is C39H54FN9O4. The third-order valence-corrected chi connectivity index (χ3v) is 11.5. The van der Waals surface area contributed by atoms with Crippen molar-refractivity contribution in [2.24, 2.45) is 11.8 Å². The monoisotopic (exact) mass is 731 g/mol. The Morgan fingerprint density at radius 1 is 0.830 bits per heavy atom. The topological polar surface area (TPSA) is 146 Å². The van der Waals surface area contributed by atoms with E-state index < -0.39 is 41.5 Å². The number of piperazine rings is 1. The average Bonchev–Trinajstić information content (AvgIpc) is 3.81. The smallest absolute Gasteiger partial charge is 0.270 e. The van der Waals surface area contributed by atoms with Gasteiger partial charge in [-0.1, -0.05) is 32.8 Å². The molecule has 2 aliphatic carbocycles. The Hall–Kier alpha value is -4.59. The van der Waals surface area contributed by atoms with E-state index in [0.717, 1.165) is 44.9 Å². The molecule has 3 heterocycles. The van der Waals surface area contributed by atoms with Gasteiger partial charge in [0, 0.05) is 50.5 Å². The second kappa shape index (κ2) is 16.6. The third-order valence-electron chi connectivity index (χ3n) is 11.5. The zero-order valence-electron chi connectivity index (χ0n) is 31.6. The zero-order valence-corrected chi connectivity index (χ0v) is 31.6. The summed E-state index contributed by atoms with van der Waals surface area (Å²) in [5.74, 6) is -2.40. The lowest BCUT2D eigenvalue weighted by Crippen LogP contribution is -2.56. The normalized spacial score (nSPS) is 21.4. The van der Waals surface area contributed by atoms with Crippen LogP contribution in [0.15, 0.2) is 42.7 Å². The number of hydrogen-bond acceptors (Lipinski definition) is 7. The van der Waals surface area contributed by atoms with E-state index in [1.807, 2.05) is 20.9 Å². The first-order valence-corrected chi connectivity index (χ1v) is 19.2. The van der Waals surface area contributed by atoms with Gasteiger partial charge in [-0.15, -0.1) is 0 Å². The molecule has 14 heteroatoms. The molecule has 1 aliphatic heterocycles. The summed E-state index contributed by atoms with van der Waals surface area (Å²) in [4.78, 5) is 59.0. The number of carbonyl (C=O) groups excluding carboxylic acids is 4. The summed E-state index contributed by atoms with van der Waals surface area (Å²) in [5, 5.41) is 17.3. The first-order chi connectivity index (χ1) is 25.4. The molecule has 3 N–H and O–H groups in total. The second-order valence-electron chi connectivity index (χ2n) is 15.6. The summed E-state index contributed by atoms with van der Waals surface area (Å²) < 4.78 is 19.3. The van der Waals surface area contributed by atoms with Crippen molar-refractivity contribution in [2.45, 2.75) is 103 Å². The largest absolute Gasteiger partial charge is 0.339 e. The molecule has 53 heavy (non-hydrogen) atoms. The predicted molar refractivity (Wildman–Crippen MR) is 199 cm³/mol. The van der Waals surface area contributed by atoms with Crippen LogP contribution < -0.4 is 16.0 Å². The molecule has 3 fully saturated rings. The van der Waals surface area contributed by atoms with E-state index >= 15 is 4.39 Å². The summed E-state index contributed by atoms with van der Waals surface area (Å²) in [7, 11) is 2.00. The van der Waals surface area contributed by atoms with Crippen molar-refractivity contribution < 1.29 is 23.6 Å². The Labute approximate surface area is 311 Å². The Morgan fingerprint density at radius 2 is 1.49 bits per heavy atom. The maximum Gasteiger partial charge on any atom is 0.270 e. The number of halogens is 1. The number of nitrogens with one attached hydrogen (secondary N) is 3. The van der Waals surface area contributed by atoms with Crippen molar-refractivity contribution >= 4 is 29.3 Å². The quantitative estimate of drug-likeness (QED) is 0.244. The van der Waals surface area contributed by atoms with E-state index in [9.17, 15) is 19.2 Å². The molecule has 0 radical (unpaired) electrons. The van der Waals surface area contributed by atoms with E-state index in [1.165, 1.54) is 12.1 Å². The molecule has 4 amide bonds. The molecule has 1 aromatic carbocycles. The fourth-order valence-corrected chi connectivity index (χ4v) is 7.71. The zero-order chi connectivity index (χ0) is 37.8. The first-order valence-electron chi connectivity index (χ1n) is 19.2. The van der Waals surface area contributed by atoms with Gasteiger partial charge >= 0.3 is 0 Å². The lowest BCUT2D eigenvalue weighted by atomic mass is 9.79. The Kier molecular flexibility index (Phi) is 12.0. The molecule has 13 nitrogen and oxygen atoms in total. The predicted octanol–water partition coefficient (Wildman–Crippen LogP) is 4.76. The van der Waals surface area contributed by atoms with Crippen molar-refractivity contribution in [3.05, 3.63) is 65.5 Å². The number of hydrogen-bond donors (Lipinski definition) is 3. The Morgan fingerprint density at radius 3 is 2.13 bits per heavy atom. The minimum atomic E-state index is -0.969. The van der Waals surface area contributed by atoms with Crippen molar-refractivity contribution in [1.29, 1.82) is 0 Å². The van der Waals surface area contributed by atoms with Gasteiger partial charge in [-0.3, -0.25) is 28.5 Å². The van der Waals surface area contributed by atoms with Crippen LogP contribution in [0.5, 0.6) is 0 Å². The molecule has 3 aliphatic rings. The van der Waals surface area contributed by atoms with E-state index in [1.54, 1.807) is 51.8 Å². The van der Waals surface area contributed by atoms with E-state index in [0.29, 0.717) is 49.0 Å². The van der Waals surface area contributed by atoms with Gasteiger partial charge in [0.2, 0.25) is 11.8 Å².